The van der Waals surface area contributed by atoms with Crippen molar-refractivity contribution < 1.29 is 19.4 Å². The topological polar surface area (TPSA) is 113 Å². The van der Waals surface area contributed by atoms with Crippen molar-refractivity contribution in [1.29, 1.82) is 0 Å². The van der Waals surface area contributed by atoms with E-state index in [4.69, 9.17) is 4.74 Å². The van der Waals surface area contributed by atoms with E-state index in [-0.39, 0.29) is 30.5 Å². The van der Waals surface area contributed by atoms with Crippen LogP contribution in [0.15, 0.2) is 6.33 Å². The van der Waals surface area contributed by atoms with Gasteiger partial charge in [0.1, 0.15) is 22.6 Å². The molecular formula is C22H30N4O4S. The monoisotopic (exact) mass is 446 g/mol. The van der Waals surface area contributed by atoms with Crippen LogP contribution in [0, 0.1) is 0 Å². The molecule has 4 rings (SSSR count). The van der Waals surface area contributed by atoms with Gasteiger partial charge in [-0.3, -0.25) is 4.79 Å². The summed E-state index contributed by atoms with van der Waals surface area (Å²) in [6.07, 6.45) is 6.72. The standard InChI is InChI=1S/C22H30N4O4S/c1-22(2,3)30-21(29)26-14-7-5-13(6-8-14)25-19-18-17-12(10-16(27)28)4-9-15(17)31-20(18)24-11-23-19/h11-14H,4-10H2,1-3H3,(H,26,29)(H,27,28)(H,23,24,25)/t12-,13-,14-/m1/s1. The Morgan fingerprint density at radius 3 is 2.55 bits per heavy atom. The van der Waals surface area contributed by atoms with Crippen molar-refractivity contribution in [2.75, 3.05) is 5.32 Å². The first-order valence-corrected chi connectivity index (χ1v) is 11.8. The highest BCUT2D eigenvalue weighted by Crippen LogP contribution is 2.46. The highest BCUT2D eigenvalue weighted by molar-refractivity contribution is 7.19. The van der Waals surface area contributed by atoms with Gasteiger partial charge in [-0.2, -0.15) is 0 Å². The molecule has 2 aliphatic carbocycles. The maximum absolute atomic E-state index is 12.0. The first kappa shape index (κ1) is 21.8. The predicted octanol–water partition coefficient (Wildman–Crippen LogP) is 4.44. The molecule has 168 valence electrons. The summed E-state index contributed by atoms with van der Waals surface area (Å²) in [4.78, 5) is 34.5. The number of amides is 1. The lowest BCUT2D eigenvalue weighted by atomic mass is 9.91. The number of carboxylic acids is 1. The second-order valence-electron chi connectivity index (χ2n) is 9.51. The van der Waals surface area contributed by atoms with Crippen LogP contribution in [0.5, 0.6) is 0 Å². The van der Waals surface area contributed by atoms with Crippen molar-refractivity contribution in [2.45, 2.75) is 89.3 Å². The third kappa shape index (κ3) is 5.08. The average Bonchev–Trinajstić information content (AvgIpc) is 3.21. The molecule has 0 spiro atoms. The van der Waals surface area contributed by atoms with E-state index in [1.54, 1.807) is 17.7 Å². The van der Waals surface area contributed by atoms with E-state index in [1.807, 2.05) is 20.8 Å². The van der Waals surface area contributed by atoms with Crippen LogP contribution in [0.25, 0.3) is 10.2 Å². The molecule has 2 aromatic rings. The minimum absolute atomic E-state index is 0.0292. The number of thiophene rings is 1. The molecule has 8 nitrogen and oxygen atoms in total. The van der Waals surface area contributed by atoms with Crippen molar-refractivity contribution in [3.8, 4) is 0 Å². The number of aryl methyl sites for hydroxylation is 1. The molecule has 0 aromatic carbocycles. The second kappa shape index (κ2) is 8.61. The van der Waals surface area contributed by atoms with Crippen molar-refractivity contribution in [1.82, 2.24) is 15.3 Å². The van der Waals surface area contributed by atoms with Crippen LogP contribution >= 0.6 is 11.3 Å². The Kier molecular flexibility index (Phi) is 6.05. The Morgan fingerprint density at radius 1 is 1.16 bits per heavy atom. The van der Waals surface area contributed by atoms with Gasteiger partial charge in [0, 0.05) is 17.0 Å². The molecule has 31 heavy (non-hydrogen) atoms. The third-order valence-electron chi connectivity index (χ3n) is 5.94. The molecule has 1 fully saturated rings. The number of carbonyl (C=O) groups excluding carboxylic acids is 1. The molecule has 9 heteroatoms. The van der Waals surface area contributed by atoms with Crippen molar-refractivity contribution >= 4 is 39.4 Å². The molecule has 2 heterocycles. The highest BCUT2D eigenvalue weighted by atomic mass is 32.1. The number of carbonyl (C=O) groups is 2. The number of hydrogen-bond acceptors (Lipinski definition) is 7. The van der Waals surface area contributed by atoms with E-state index in [0.717, 1.165) is 60.1 Å². The summed E-state index contributed by atoms with van der Waals surface area (Å²) in [6, 6.07) is 0.369. The van der Waals surface area contributed by atoms with Crippen molar-refractivity contribution in [3.05, 3.63) is 16.8 Å². The Bertz CT molecular complexity index is 976. The van der Waals surface area contributed by atoms with Gasteiger partial charge in [0.15, 0.2) is 0 Å². The number of nitrogens with one attached hydrogen (secondary N) is 2. The van der Waals surface area contributed by atoms with E-state index in [0.29, 0.717) is 0 Å². The van der Waals surface area contributed by atoms with Gasteiger partial charge in [-0.1, -0.05) is 0 Å². The van der Waals surface area contributed by atoms with E-state index >= 15 is 0 Å². The number of ether oxygens (including phenoxy) is 1. The number of fused-ring (bicyclic) bond motifs is 3. The van der Waals surface area contributed by atoms with Gasteiger partial charge >= 0.3 is 12.1 Å². The second-order valence-corrected chi connectivity index (χ2v) is 10.6. The van der Waals surface area contributed by atoms with Gasteiger partial charge < -0.3 is 20.5 Å². The summed E-state index contributed by atoms with van der Waals surface area (Å²) in [5.41, 5.74) is 0.631. The van der Waals surface area contributed by atoms with Crippen molar-refractivity contribution in [3.63, 3.8) is 0 Å². The number of aliphatic carboxylic acids is 1. The molecule has 0 unspecified atom stereocenters. The maximum Gasteiger partial charge on any atom is 0.407 e. The number of aromatic nitrogens is 2. The van der Waals surface area contributed by atoms with Crippen LogP contribution in [-0.4, -0.2) is 44.8 Å². The molecule has 0 bridgehead atoms. The Hall–Kier alpha value is -2.42. The lowest BCUT2D eigenvalue weighted by Gasteiger charge is -2.31. The van der Waals surface area contributed by atoms with Gasteiger partial charge in [-0.15, -0.1) is 11.3 Å². The molecule has 2 aromatic heterocycles. The normalized spacial score (nSPS) is 23.4. The average molecular weight is 447 g/mol. The number of anilines is 1. The summed E-state index contributed by atoms with van der Waals surface area (Å²) in [5, 5.41) is 16.9. The van der Waals surface area contributed by atoms with Gasteiger partial charge in [0.05, 0.1) is 11.8 Å². The van der Waals surface area contributed by atoms with Gasteiger partial charge in [0.25, 0.3) is 0 Å². The van der Waals surface area contributed by atoms with E-state index in [1.165, 1.54) is 4.88 Å². The highest BCUT2D eigenvalue weighted by Gasteiger charge is 2.32. The summed E-state index contributed by atoms with van der Waals surface area (Å²) in [5.74, 6) is 0.0734. The smallest absolute Gasteiger partial charge is 0.407 e. The Morgan fingerprint density at radius 2 is 1.87 bits per heavy atom. The zero-order valence-electron chi connectivity index (χ0n) is 18.2. The van der Waals surface area contributed by atoms with Gasteiger partial charge in [-0.05, 0) is 70.8 Å². The number of alkyl carbamates (subject to hydrolysis) is 1. The largest absolute Gasteiger partial charge is 0.481 e. The summed E-state index contributed by atoms with van der Waals surface area (Å²) in [6.45, 7) is 5.58. The fraction of sp³-hybridized carbons (Fsp3) is 0.636. The number of nitrogens with zero attached hydrogens (tertiary/aromatic N) is 2. The summed E-state index contributed by atoms with van der Waals surface area (Å²) in [7, 11) is 0. The number of rotatable bonds is 5. The van der Waals surface area contributed by atoms with E-state index < -0.39 is 11.6 Å². The van der Waals surface area contributed by atoms with Crippen LogP contribution in [0.1, 0.15) is 75.7 Å². The minimum atomic E-state index is -0.764. The lowest BCUT2D eigenvalue weighted by molar-refractivity contribution is -0.137. The molecule has 0 aliphatic heterocycles. The van der Waals surface area contributed by atoms with E-state index in [2.05, 4.69) is 20.6 Å². The van der Waals surface area contributed by atoms with Gasteiger partial charge in [0.2, 0.25) is 0 Å². The van der Waals surface area contributed by atoms with Crippen LogP contribution < -0.4 is 10.6 Å². The van der Waals surface area contributed by atoms with Crippen LogP contribution in [-0.2, 0) is 16.0 Å². The van der Waals surface area contributed by atoms with Crippen molar-refractivity contribution in [2.24, 2.45) is 0 Å². The molecule has 1 atom stereocenters. The zero-order chi connectivity index (χ0) is 22.2. The fourth-order valence-electron chi connectivity index (χ4n) is 4.64. The SMILES string of the molecule is CC(C)(C)OC(=O)N[C@H]1CC[C@H](Nc2ncnc3sc4c(c23)[C@@H](CC(=O)O)CC4)CC1. The Balaban J connectivity index is 1.42. The summed E-state index contributed by atoms with van der Waals surface area (Å²) >= 11 is 1.66. The molecule has 2 aliphatic rings. The molecule has 0 saturated heterocycles. The number of hydrogen-bond donors (Lipinski definition) is 3. The first-order valence-electron chi connectivity index (χ1n) is 10.9. The molecule has 1 saturated carbocycles. The quantitative estimate of drug-likeness (QED) is 0.622. The van der Waals surface area contributed by atoms with Gasteiger partial charge in [-0.25, -0.2) is 14.8 Å². The lowest BCUT2D eigenvalue weighted by Crippen LogP contribution is -2.42. The molecule has 0 radical (unpaired) electrons. The third-order valence-corrected chi connectivity index (χ3v) is 7.11. The fourth-order valence-corrected chi connectivity index (χ4v) is 5.88. The zero-order valence-corrected chi connectivity index (χ0v) is 19.1. The van der Waals surface area contributed by atoms with Crippen LogP contribution in [0.3, 0.4) is 0 Å². The first-order chi connectivity index (χ1) is 14.7. The summed E-state index contributed by atoms with van der Waals surface area (Å²) < 4.78 is 5.36. The van der Waals surface area contributed by atoms with Crippen LogP contribution in [0.2, 0.25) is 0 Å². The molecular weight excluding hydrogens is 416 g/mol. The molecule has 3 N–H and O–H groups in total. The molecule has 1 amide bonds. The van der Waals surface area contributed by atoms with Crippen LogP contribution in [0.4, 0.5) is 10.6 Å². The van der Waals surface area contributed by atoms with E-state index in [9.17, 15) is 14.7 Å². The number of carboxylic acid groups (broad SMARTS) is 1. The Labute approximate surface area is 185 Å². The minimum Gasteiger partial charge on any atom is -0.481 e. The maximum atomic E-state index is 12.0. The predicted molar refractivity (Wildman–Crippen MR) is 120 cm³/mol.